The summed E-state index contributed by atoms with van der Waals surface area (Å²) in [4.78, 5) is 0. The highest BCUT2D eigenvalue weighted by Gasteiger charge is 2.28. The Balaban J connectivity index is 1.41. The molecule has 4 aromatic carbocycles. The summed E-state index contributed by atoms with van der Waals surface area (Å²) in [5, 5.41) is 0. The number of fused-ring (bicyclic) bond motifs is 2. The Bertz CT molecular complexity index is 1720. The first-order chi connectivity index (χ1) is 21.5. The summed E-state index contributed by atoms with van der Waals surface area (Å²) in [5.41, 5.74) is 5.72. The third-order valence-corrected chi connectivity index (χ3v) is 8.25. The van der Waals surface area contributed by atoms with Crippen molar-refractivity contribution in [3.05, 3.63) is 89.0 Å². The van der Waals surface area contributed by atoms with Gasteiger partial charge in [0, 0.05) is 46.9 Å². The first-order valence-corrected chi connectivity index (χ1v) is 14.4. The van der Waals surface area contributed by atoms with Crippen LogP contribution < -0.4 is 37.9 Å². The van der Waals surface area contributed by atoms with Crippen LogP contribution in [0.25, 0.3) is 16.9 Å². The third-order valence-electron chi connectivity index (χ3n) is 8.25. The van der Waals surface area contributed by atoms with Crippen molar-refractivity contribution in [3.8, 4) is 57.1 Å². The van der Waals surface area contributed by atoms with Crippen molar-refractivity contribution in [2.24, 2.45) is 0 Å². The van der Waals surface area contributed by atoms with E-state index in [1.54, 1.807) is 42.7 Å². The molecule has 0 spiro atoms. The molecule has 0 aromatic heterocycles. The average Bonchev–Trinajstić information content (AvgIpc) is 3.09. The van der Waals surface area contributed by atoms with Crippen LogP contribution >= 0.6 is 0 Å². The van der Waals surface area contributed by atoms with E-state index in [4.69, 9.17) is 37.9 Å². The SMILES string of the molecule is COc1ccc2c(c1)OC(c1cc(-c3cc4c(cc3OC)OC[C@@H](c3ccc(OC)cc3OC)C4)c(OC)cc1OC)=CC2. The Morgan fingerprint density at radius 3 is 1.95 bits per heavy atom. The zero-order valence-corrected chi connectivity index (χ0v) is 25.8. The molecule has 0 saturated heterocycles. The second-order valence-corrected chi connectivity index (χ2v) is 10.6. The number of hydrogen-bond donors (Lipinski definition) is 0. The molecule has 0 fully saturated rings. The average molecular weight is 597 g/mol. The topological polar surface area (TPSA) is 73.8 Å². The van der Waals surface area contributed by atoms with Crippen molar-refractivity contribution in [2.75, 3.05) is 49.3 Å². The largest absolute Gasteiger partial charge is 0.497 e. The summed E-state index contributed by atoms with van der Waals surface area (Å²) >= 11 is 0. The number of methoxy groups -OCH3 is 6. The summed E-state index contributed by atoms with van der Waals surface area (Å²) in [6.07, 6.45) is 3.54. The minimum absolute atomic E-state index is 0.0933. The summed E-state index contributed by atoms with van der Waals surface area (Å²) in [6, 6.07) is 19.8. The van der Waals surface area contributed by atoms with E-state index >= 15 is 0 Å². The molecule has 4 aromatic rings. The maximum atomic E-state index is 6.40. The number of hydrogen-bond acceptors (Lipinski definition) is 8. The van der Waals surface area contributed by atoms with E-state index in [1.165, 1.54) is 0 Å². The normalized spacial score (nSPS) is 15.0. The van der Waals surface area contributed by atoms with Gasteiger partial charge in [0.25, 0.3) is 0 Å². The van der Waals surface area contributed by atoms with E-state index in [1.807, 2.05) is 54.6 Å². The zero-order valence-electron chi connectivity index (χ0n) is 25.8. The molecule has 0 bridgehead atoms. The second-order valence-electron chi connectivity index (χ2n) is 10.6. The van der Waals surface area contributed by atoms with E-state index in [0.717, 1.165) is 75.0 Å². The molecule has 228 valence electrons. The van der Waals surface area contributed by atoms with Gasteiger partial charge in [0.05, 0.1) is 54.8 Å². The fraction of sp³-hybridized carbons (Fsp3) is 0.278. The van der Waals surface area contributed by atoms with Crippen molar-refractivity contribution < 1.29 is 37.9 Å². The molecule has 1 atom stereocenters. The van der Waals surface area contributed by atoms with Gasteiger partial charge in [-0.15, -0.1) is 0 Å². The molecule has 0 amide bonds. The van der Waals surface area contributed by atoms with Crippen LogP contribution in [0, 0.1) is 0 Å². The molecule has 44 heavy (non-hydrogen) atoms. The number of allylic oxidation sites excluding steroid dienone is 1. The first-order valence-electron chi connectivity index (χ1n) is 14.4. The lowest BCUT2D eigenvalue weighted by molar-refractivity contribution is 0.257. The predicted octanol–water partition coefficient (Wildman–Crippen LogP) is 7.10. The summed E-state index contributed by atoms with van der Waals surface area (Å²) < 4.78 is 46.8. The Labute approximate surface area is 257 Å². The van der Waals surface area contributed by atoms with E-state index in [2.05, 4.69) is 12.1 Å². The third kappa shape index (κ3) is 5.32. The molecular formula is C36H36O8. The molecule has 0 radical (unpaired) electrons. The van der Waals surface area contributed by atoms with Crippen LogP contribution in [0.15, 0.2) is 66.7 Å². The van der Waals surface area contributed by atoms with Gasteiger partial charge in [0.15, 0.2) is 0 Å². The standard InChI is InChI=1S/C36H36O8/c1-37-24-9-7-21-8-12-30(44-32(21)15-24)29-17-28(35(41-5)19-36(29)42-6)27-14-22-13-23(20-43-31(22)18-34(27)40-4)26-11-10-25(38-2)16-33(26)39-3/h7,9-12,14-19,23H,8,13,20H2,1-6H3/t23-/m0/s1. The quantitative estimate of drug-likeness (QED) is 0.203. The van der Waals surface area contributed by atoms with Gasteiger partial charge in [-0.2, -0.15) is 0 Å². The minimum atomic E-state index is 0.0933. The van der Waals surface area contributed by atoms with Gasteiger partial charge in [-0.3, -0.25) is 0 Å². The van der Waals surface area contributed by atoms with Gasteiger partial charge < -0.3 is 37.9 Å². The Kier molecular flexibility index (Phi) is 8.15. The molecule has 0 N–H and O–H groups in total. The number of benzene rings is 4. The zero-order chi connectivity index (χ0) is 30.8. The summed E-state index contributed by atoms with van der Waals surface area (Å²) in [6.45, 7) is 0.520. The first kappa shape index (κ1) is 29.1. The molecule has 2 aliphatic heterocycles. The fourth-order valence-corrected chi connectivity index (χ4v) is 5.90. The monoisotopic (exact) mass is 596 g/mol. The predicted molar refractivity (Wildman–Crippen MR) is 168 cm³/mol. The maximum Gasteiger partial charge on any atom is 0.134 e. The van der Waals surface area contributed by atoms with Crippen LogP contribution in [0.2, 0.25) is 0 Å². The highest BCUT2D eigenvalue weighted by atomic mass is 16.5. The lowest BCUT2D eigenvalue weighted by atomic mass is 9.87. The van der Waals surface area contributed by atoms with Crippen molar-refractivity contribution in [1.29, 1.82) is 0 Å². The van der Waals surface area contributed by atoms with Gasteiger partial charge in [-0.05, 0) is 54.3 Å². The maximum absolute atomic E-state index is 6.40. The van der Waals surface area contributed by atoms with E-state index in [0.29, 0.717) is 29.6 Å². The lowest BCUT2D eigenvalue weighted by Crippen LogP contribution is -2.20. The lowest BCUT2D eigenvalue weighted by Gasteiger charge is -2.28. The molecule has 0 saturated carbocycles. The van der Waals surface area contributed by atoms with Crippen LogP contribution in [0.1, 0.15) is 28.2 Å². The minimum Gasteiger partial charge on any atom is -0.497 e. The number of rotatable bonds is 9. The van der Waals surface area contributed by atoms with Gasteiger partial charge in [-0.25, -0.2) is 0 Å². The molecule has 2 heterocycles. The van der Waals surface area contributed by atoms with Gasteiger partial charge in [0.1, 0.15) is 51.8 Å². The van der Waals surface area contributed by atoms with Crippen LogP contribution in [0.4, 0.5) is 0 Å². The van der Waals surface area contributed by atoms with Crippen LogP contribution in [-0.4, -0.2) is 49.3 Å². The van der Waals surface area contributed by atoms with Gasteiger partial charge in [0.2, 0.25) is 0 Å². The summed E-state index contributed by atoms with van der Waals surface area (Å²) in [5.74, 6) is 6.55. The molecule has 8 nitrogen and oxygen atoms in total. The van der Waals surface area contributed by atoms with Crippen molar-refractivity contribution >= 4 is 5.76 Å². The van der Waals surface area contributed by atoms with Gasteiger partial charge >= 0.3 is 0 Å². The molecule has 0 unspecified atom stereocenters. The molecule has 8 heteroatoms. The second kappa shape index (κ2) is 12.3. The van der Waals surface area contributed by atoms with E-state index in [-0.39, 0.29) is 5.92 Å². The van der Waals surface area contributed by atoms with Crippen LogP contribution in [0.5, 0.6) is 46.0 Å². The molecule has 0 aliphatic carbocycles. The number of ether oxygens (including phenoxy) is 8. The van der Waals surface area contributed by atoms with Crippen LogP contribution in [-0.2, 0) is 12.8 Å². The highest BCUT2D eigenvalue weighted by molar-refractivity contribution is 5.83. The fourth-order valence-electron chi connectivity index (χ4n) is 5.90. The van der Waals surface area contributed by atoms with Crippen molar-refractivity contribution in [2.45, 2.75) is 18.8 Å². The van der Waals surface area contributed by atoms with Crippen molar-refractivity contribution in [3.63, 3.8) is 0 Å². The molecular weight excluding hydrogens is 560 g/mol. The highest BCUT2D eigenvalue weighted by Crippen LogP contribution is 2.47. The Morgan fingerprint density at radius 2 is 1.23 bits per heavy atom. The van der Waals surface area contributed by atoms with Crippen molar-refractivity contribution in [1.82, 2.24) is 0 Å². The van der Waals surface area contributed by atoms with Gasteiger partial charge in [-0.1, -0.05) is 12.1 Å². The molecule has 2 aliphatic rings. The smallest absolute Gasteiger partial charge is 0.134 e. The Hall–Kier alpha value is -4.98. The van der Waals surface area contributed by atoms with E-state index in [9.17, 15) is 0 Å². The molecule has 6 rings (SSSR count). The van der Waals surface area contributed by atoms with Crippen LogP contribution in [0.3, 0.4) is 0 Å². The Morgan fingerprint density at radius 1 is 0.568 bits per heavy atom. The van der Waals surface area contributed by atoms with E-state index < -0.39 is 0 Å². The summed E-state index contributed by atoms with van der Waals surface area (Å²) in [7, 11) is 9.92.